The maximum absolute atomic E-state index is 12.0. The minimum absolute atomic E-state index is 0.00706. The number of nitrogens with zero attached hydrogens (tertiary/aromatic N) is 2. The highest BCUT2D eigenvalue weighted by atomic mass is 35.5. The van der Waals surface area contributed by atoms with E-state index < -0.39 is 10.9 Å². The lowest BCUT2D eigenvalue weighted by Gasteiger charge is -2.00. The van der Waals surface area contributed by atoms with Crippen molar-refractivity contribution in [2.45, 2.75) is 0 Å². The summed E-state index contributed by atoms with van der Waals surface area (Å²) in [5, 5.41) is 11.9. The molecule has 2 aromatic rings. The number of ether oxygens (including phenoxy) is 1. The summed E-state index contributed by atoms with van der Waals surface area (Å²) in [5.41, 5.74) is 0.448. The molecule has 1 heterocycles. The number of carbonyl (C=O) groups excluding carboxylic acids is 1. The second-order valence-corrected chi connectivity index (χ2v) is 5.62. The number of aliphatic imine (C=N–C) groups is 1. The first-order valence-electron chi connectivity index (χ1n) is 6.67. The Kier molecular flexibility index (Phi) is 4.33. The van der Waals surface area contributed by atoms with Crippen molar-refractivity contribution in [3.63, 3.8) is 0 Å². The van der Waals surface area contributed by atoms with Gasteiger partial charge in [-0.05, 0) is 29.8 Å². The highest BCUT2D eigenvalue weighted by Gasteiger charge is 2.29. The minimum Gasteiger partial charge on any atom is -0.402 e. The quantitative estimate of drug-likeness (QED) is 0.353. The highest BCUT2D eigenvalue weighted by molar-refractivity contribution is 6.35. The maximum Gasteiger partial charge on any atom is 0.363 e. The van der Waals surface area contributed by atoms with E-state index in [0.717, 1.165) is 0 Å². The Morgan fingerprint density at radius 3 is 2.62 bits per heavy atom. The Morgan fingerprint density at radius 1 is 1.17 bits per heavy atom. The number of carbonyl (C=O) groups is 1. The third kappa shape index (κ3) is 3.15. The van der Waals surface area contributed by atoms with Crippen LogP contribution in [0.15, 0.2) is 53.2 Å². The van der Waals surface area contributed by atoms with Gasteiger partial charge >= 0.3 is 5.97 Å². The molecule has 0 amide bonds. The molecule has 1 aliphatic heterocycles. The van der Waals surface area contributed by atoms with E-state index in [2.05, 4.69) is 4.99 Å². The Morgan fingerprint density at radius 2 is 1.92 bits per heavy atom. The van der Waals surface area contributed by atoms with Crippen LogP contribution in [0.4, 0.5) is 5.69 Å². The van der Waals surface area contributed by atoms with Gasteiger partial charge in [-0.2, -0.15) is 0 Å². The summed E-state index contributed by atoms with van der Waals surface area (Å²) in [4.78, 5) is 26.5. The van der Waals surface area contributed by atoms with Crippen LogP contribution in [0, 0.1) is 10.1 Å². The molecule has 0 fully saturated rings. The third-order valence-corrected chi connectivity index (χ3v) is 3.77. The van der Waals surface area contributed by atoms with E-state index in [0.29, 0.717) is 15.6 Å². The van der Waals surface area contributed by atoms with Gasteiger partial charge in [0.25, 0.3) is 5.69 Å². The Balaban J connectivity index is 2.02. The van der Waals surface area contributed by atoms with Crippen LogP contribution in [0.2, 0.25) is 10.0 Å². The van der Waals surface area contributed by atoms with Crippen molar-refractivity contribution < 1.29 is 14.5 Å². The molecule has 2 aromatic carbocycles. The Hall–Kier alpha value is -2.70. The van der Waals surface area contributed by atoms with Crippen LogP contribution in [0.1, 0.15) is 11.1 Å². The van der Waals surface area contributed by atoms with E-state index in [1.807, 2.05) is 0 Å². The molecule has 0 unspecified atom stereocenters. The van der Waals surface area contributed by atoms with Gasteiger partial charge in [-0.3, -0.25) is 10.1 Å². The van der Waals surface area contributed by atoms with Crippen LogP contribution < -0.4 is 0 Å². The summed E-state index contributed by atoms with van der Waals surface area (Å²) in [7, 11) is 0. The number of nitro groups is 1. The van der Waals surface area contributed by atoms with Gasteiger partial charge in [-0.25, -0.2) is 9.79 Å². The molecule has 0 radical (unpaired) electrons. The number of benzene rings is 2. The lowest BCUT2D eigenvalue weighted by molar-refractivity contribution is -0.385. The van der Waals surface area contributed by atoms with Gasteiger partial charge in [0.05, 0.1) is 4.92 Å². The molecule has 0 saturated carbocycles. The molecule has 3 rings (SSSR count). The summed E-state index contributed by atoms with van der Waals surface area (Å²) in [6.07, 6.45) is 1.43. The number of cyclic esters (lactones) is 1. The van der Waals surface area contributed by atoms with Crippen molar-refractivity contribution in [2.75, 3.05) is 0 Å². The van der Waals surface area contributed by atoms with Crippen LogP contribution in [0.25, 0.3) is 6.08 Å². The number of hydrogen-bond acceptors (Lipinski definition) is 5. The summed E-state index contributed by atoms with van der Waals surface area (Å²) >= 11 is 11.9. The molecule has 0 aromatic heterocycles. The van der Waals surface area contributed by atoms with E-state index in [1.165, 1.54) is 30.3 Å². The predicted molar refractivity (Wildman–Crippen MR) is 90.2 cm³/mol. The molecule has 24 heavy (non-hydrogen) atoms. The minimum atomic E-state index is -0.714. The van der Waals surface area contributed by atoms with Gasteiger partial charge in [-0.1, -0.05) is 41.4 Å². The van der Waals surface area contributed by atoms with Crippen LogP contribution in [0.3, 0.4) is 0 Å². The predicted octanol–water partition coefficient (Wildman–Crippen LogP) is 4.25. The summed E-state index contributed by atoms with van der Waals surface area (Å²) in [6, 6.07) is 10.7. The van der Waals surface area contributed by atoms with Crippen molar-refractivity contribution >= 4 is 46.8 Å². The van der Waals surface area contributed by atoms with Crippen LogP contribution >= 0.6 is 23.2 Å². The highest BCUT2D eigenvalue weighted by Crippen LogP contribution is 2.27. The molecule has 0 spiro atoms. The van der Waals surface area contributed by atoms with Gasteiger partial charge < -0.3 is 4.74 Å². The van der Waals surface area contributed by atoms with Crippen molar-refractivity contribution in [3.8, 4) is 0 Å². The number of hydrogen-bond donors (Lipinski definition) is 0. The fraction of sp³-hybridized carbons (Fsp3) is 0. The summed E-state index contributed by atoms with van der Waals surface area (Å²) < 4.78 is 5.06. The van der Waals surface area contributed by atoms with Gasteiger partial charge in [-0.15, -0.1) is 0 Å². The van der Waals surface area contributed by atoms with Gasteiger partial charge in [0.15, 0.2) is 5.70 Å². The van der Waals surface area contributed by atoms with Gasteiger partial charge in [0.1, 0.15) is 5.56 Å². The Labute approximate surface area is 146 Å². The molecule has 0 bridgehead atoms. The standard InChI is InChI=1S/C16H8Cl2N2O4/c17-10-6-5-9(12(18)8-10)7-13-16(21)24-15(19-13)11-3-1-2-4-14(11)20(22)23/h1-8H/b13-7-. The molecule has 0 atom stereocenters. The first-order valence-corrected chi connectivity index (χ1v) is 7.42. The molecule has 0 aliphatic carbocycles. The van der Waals surface area contributed by atoms with Crippen molar-refractivity contribution in [1.29, 1.82) is 0 Å². The fourth-order valence-electron chi connectivity index (χ4n) is 2.10. The zero-order valence-corrected chi connectivity index (χ0v) is 13.4. The average Bonchev–Trinajstić information content (AvgIpc) is 2.91. The zero-order chi connectivity index (χ0) is 17.3. The normalized spacial score (nSPS) is 15.3. The molecule has 0 saturated heterocycles. The van der Waals surface area contributed by atoms with Crippen molar-refractivity contribution in [3.05, 3.63) is 79.4 Å². The van der Waals surface area contributed by atoms with E-state index >= 15 is 0 Å². The fourth-order valence-corrected chi connectivity index (χ4v) is 2.57. The molecule has 8 heteroatoms. The van der Waals surface area contributed by atoms with E-state index in [1.54, 1.807) is 18.2 Å². The second kappa shape index (κ2) is 6.43. The lowest BCUT2D eigenvalue weighted by Crippen LogP contribution is -2.07. The largest absolute Gasteiger partial charge is 0.402 e. The van der Waals surface area contributed by atoms with E-state index in [9.17, 15) is 14.9 Å². The molecule has 1 aliphatic rings. The molecular weight excluding hydrogens is 355 g/mol. The number of rotatable bonds is 3. The first-order chi connectivity index (χ1) is 11.5. The SMILES string of the molecule is O=C1OC(c2ccccc2[N+](=O)[O-])=N/C1=C\c1ccc(Cl)cc1Cl. The number of para-hydroxylation sites is 1. The van der Waals surface area contributed by atoms with Gasteiger partial charge in [0.2, 0.25) is 5.90 Å². The van der Waals surface area contributed by atoms with Crippen LogP contribution in [-0.4, -0.2) is 16.8 Å². The lowest BCUT2D eigenvalue weighted by atomic mass is 10.2. The average molecular weight is 363 g/mol. The number of nitro benzene ring substituents is 1. The monoisotopic (exact) mass is 362 g/mol. The van der Waals surface area contributed by atoms with E-state index in [4.69, 9.17) is 27.9 Å². The number of esters is 1. The van der Waals surface area contributed by atoms with Gasteiger partial charge in [0, 0.05) is 16.1 Å². The third-order valence-electron chi connectivity index (χ3n) is 3.21. The zero-order valence-electron chi connectivity index (χ0n) is 11.9. The van der Waals surface area contributed by atoms with Crippen LogP contribution in [0.5, 0.6) is 0 Å². The Bertz CT molecular complexity index is 922. The van der Waals surface area contributed by atoms with Crippen molar-refractivity contribution in [2.24, 2.45) is 4.99 Å². The van der Waals surface area contributed by atoms with E-state index in [-0.39, 0.29) is 22.8 Å². The molecule has 120 valence electrons. The molecule has 6 nitrogen and oxygen atoms in total. The van der Waals surface area contributed by atoms with Crippen LogP contribution in [-0.2, 0) is 9.53 Å². The summed E-state index contributed by atoms with van der Waals surface area (Å²) in [5.74, 6) is -0.835. The van der Waals surface area contributed by atoms with Crippen molar-refractivity contribution in [1.82, 2.24) is 0 Å². The topological polar surface area (TPSA) is 81.8 Å². The first kappa shape index (κ1) is 16.2. The number of halogens is 2. The summed E-state index contributed by atoms with van der Waals surface area (Å²) in [6.45, 7) is 0. The molecular formula is C16H8Cl2N2O4. The second-order valence-electron chi connectivity index (χ2n) is 4.78. The smallest absolute Gasteiger partial charge is 0.363 e. The molecule has 0 N–H and O–H groups in total. The maximum atomic E-state index is 12.0.